The molecule has 4 aromatic rings. The molecule has 5 nitrogen and oxygen atoms in total. The van der Waals surface area contributed by atoms with Gasteiger partial charge in [-0.25, -0.2) is 14.1 Å². The van der Waals surface area contributed by atoms with Crippen molar-refractivity contribution in [1.82, 2.24) is 14.8 Å². The van der Waals surface area contributed by atoms with Crippen LogP contribution in [0.2, 0.25) is 0 Å². The van der Waals surface area contributed by atoms with Gasteiger partial charge in [0.1, 0.15) is 5.82 Å². The number of hydrogen-bond acceptors (Lipinski definition) is 4. The van der Waals surface area contributed by atoms with Crippen molar-refractivity contribution in [2.45, 2.75) is 12.8 Å². The summed E-state index contributed by atoms with van der Waals surface area (Å²) in [4.78, 5) is 20.2. The topological polar surface area (TPSA) is 51.0 Å². The summed E-state index contributed by atoms with van der Waals surface area (Å²) in [7, 11) is 0. The Morgan fingerprint density at radius 1 is 1.03 bits per heavy atom. The quantitative estimate of drug-likeness (QED) is 0.496. The Morgan fingerprint density at radius 3 is 2.69 bits per heavy atom. The van der Waals surface area contributed by atoms with Crippen LogP contribution in [0.15, 0.2) is 66.0 Å². The minimum Gasteiger partial charge on any atom is -0.302 e. The molecule has 0 saturated carbocycles. The number of carbonyl (C=O) groups excluding carboxylic acids is 1. The monoisotopic (exact) mass is 404 g/mol. The van der Waals surface area contributed by atoms with Gasteiger partial charge in [0.05, 0.1) is 16.3 Å². The van der Waals surface area contributed by atoms with E-state index in [2.05, 4.69) is 10.1 Å². The van der Waals surface area contributed by atoms with Gasteiger partial charge in [0.15, 0.2) is 5.82 Å². The summed E-state index contributed by atoms with van der Waals surface area (Å²) < 4.78 is 16.2. The number of anilines is 1. The van der Waals surface area contributed by atoms with Crippen LogP contribution in [-0.4, -0.2) is 27.2 Å². The highest BCUT2D eigenvalue weighted by atomic mass is 32.1. The van der Waals surface area contributed by atoms with Crippen LogP contribution in [0.25, 0.3) is 16.4 Å². The molecule has 0 N–H and O–H groups in total. The lowest BCUT2D eigenvalue weighted by atomic mass is 10.0. The first-order chi connectivity index (χ1) is 14.2. The number of benzene rings is 2. The molecule has 0 aliphatic carbocycles. The maximum atomic E-state index is 14.5. The second kappa shape index (κ2) is 7.25. The maximum absolute atomic E-state index is 14.5. The van der Waals surface area contributed by atoms with Crippen LogP contribution >= 0.6 is 11.3 Å². The van der Waals surface area contributed by atoms with Crippen molar-refractivity contribution in [3.05, 3.63) is 83.2 Å². The van der Waals surface area contributed by atoms with Crippen LogP contribution in [0.3, 0.4) is 0 Å². The van der Waals surface area contributed by atoms with Gasteiger partial charge in [-0.3, -0.25) is 4.79 Å². The molecular weight excluding hydrogens is 387 g/mol. The fourth-order valence-corrected chi connectivity index (χ4v) is 4.34. The van der Waals surface area contributed by atoms with Crippen molar-refractivity contribution in [3.63, 3.8) is 0 Å². The third-order valence-corrected chi connectivity index (χ3v) is 5.82. The molecule has 144 valence electrons. The molecule has 5 rings (SSSR count). The van der Waals surface area contributed by atoms with E-state index in [-0.39, 0.29) is 11.7 Å². The van der Waals surface area contributed by atoms with Gasteiger partial charge in [0, 0.05) is 6.54 Å². The number of aromatic nitrogens is 3. The minimum absolute atomic E-state index is 0.0633. The van der Waals surface area contributed by atoms with Crippen LogP contribution in [-0.2, 0) is 6.42 Å². The summed E-state index contributed by atoms with van der Waals surface area (Å²) in [5, 5.41) is 6.47. The van der Waals surface area contributed by atoms with Crippen molar-refractivity contribution < 1.29 is 9.18 Å². The molecule has 3 heterocycles. The molecule has 1 aliphatic heterocycles. The van der Waals surface area contributed by atoms with Crippen molar-refractivity contribution in [1.29, 1.82) is 0 Å². The Morgan fingerprint density at radius 2 is 1.90 bits per heavy atom. The number of rotatable bonds is 3. The van der Waals surface area contributed by atoms with Crippen LogP contribution in [0, 0.1) is 5.82 Å². The molecule has 1 aliphatic rings. The first-order valence-electron chi connectivity index (χ1n) is 9.38. The Hall–Kier alpha value is -3.32. The third kappa shape index (κ3) is 3.13. The fraction of sp³-hybridized carbons (Fsp3) is 0.136. The predicted molar refractivity (Wildman–Crippen MR) is 111 cm³/mol. The standard InChI is InChI=1S/C22H17FN4OS/c23-17-11-4-7-15-8-5-13-26(19(15)17)22(28)20-24-21(18-12-6-14-29-18)27(25-20)16-9-2-1-3-10-16/h1-4,6-7,9-12,14H,5,8,13H2. The van der Waals surface area contributed by atoms with Crippen molar-refractivity contribution in [2.75, 3.05) is 11.4 Å². The van der Waals surface area contributed by atoms with E-state index >= 15 is 0 Å². The number of nitrogens with zero attached hydrogens (tertiary/aromatic N) is 4. The lowest BCUT2D eigenvalue weighted by molar-refractivity contribution is 0.0974. The second-order valence-corrected chi connectivity index (χ2v) is 7.74. The molecule has 0 bridgehead atoms. The predicted octanol–water partition coefficient (Wildman–Crippen LogP) is 4.73. The Bertz CT molecular complexity index is 1170. The van der Waals surface area contributed by atoms with Gasteiger partial charge in [-0.1, -0.05) is 36.4 Å². The summed E-state index contributed by atoms with van der Waals surface area (Å²) in [6.07, 6.45) is 1.53. The molecular formula is C22H17FN4OS. The summed E-state index contributed by atoms with van der Waals surface area (Å²) >= 11 is 1.53. The van der Waals surface area contributed by atoms with Gasteiger partial charge in [0.2, 0.25) is 5.82 Å². The molecule has 0 fully saturated rings. The summed E-state index contributed by atoms with van der Waals surface area (Å²) in [5.41, 5.74) is 2.00. The number of amides is 1. The Kier molecular flexibility index (Phi) is 4.44. The van der Waals surface area contributed by atoms with E-state index in [1.807, 2.05) is 53.9 Å². The van der Waals surface area contributed by atoms with Crippen LogP contribution in [0.5, 0.6) is 0 Å². The normalized spacial score (nSPS) is 13.3. The SMILES string of the molecule is O=C(c1nc(-c2cccs2)n(-c2ccccc2)n1)N1CCCc2cccc(F)c21. The van der Waals surface area contributed by atoms with Crippen LogP contribution < -0.4 is 4.90 Å². The highest BCUT2D eigenvalue weighted by molar-refractivity contribution is 7.13. The van der Waals surface area contributed by atoms with E-state index in [0.29, 0.717) is 18.1 Å². The van der Waals surface area contributed by atoms with Crippen molar-refractivity contribution >= 4 is 22.9 Å². The summed E-state index contributed by atoms with van der Waals surface area (Å²) in [6, 6.07) is 18.4. The molecule has 0 unspecified atom stereocenters. The highest BCUT2D eigenvalue weighted by Crippen LogP contribution is 2.32. The number of carbonyl (C=O) groups is 1. The van der Waals surface area contributed by atoms with Crippen molar-refractivity contribution in [2.24, 2.45) is 0 Å². The number of fused-ring (bicyclic) bond motifs is 1. The van der Waals surface area contributed by atoms with Crippen LogP contribution in [0.4, 0.5) is 10.1 Å². The van der Waals surface area contributed by atoms with Gasteiger partial charge >= 0.3 is 0 Å². The maximum Gasteiger partial charge on any atom is 0.298 e. The molecule has 1 amide bonds. The van der Waals surface area contributed by atoms with Crippen molar-refractivity contribution in [3.8, 4) is 16.4 Å². The number of halogens is 1. The zero-order chi connectivity index (χ0) is 19.8. The third-order valence-electron chi connectivity index (χ3n) is 4.95. The first kappa shape index (κ1) is 17.8. The molecule has 0 radical (unpaired) electrons. The van der Waals surface area contributed by atoms with E-state index in [0.717, 1.165) is 29.0 Å². The van der Waals surface area contributed by atoms with E-state index in [1.165, 1.54) is 22.3 Å². The molecule has 2 aromatic heterocycles. The molecule has 0 atom stereocenters. The fourth-order valence-electron chi connectivity index (χ4n) is 3.64. The van der Waals surface area contributed by atoms with Gasteiger partial charge in [-0.05, 0) is 48.1 Å². The average molecular weight is 404 g/mol. The number of aryl methyl sites for hydroxylation is 1. The molecule has 7 heteroatoms. The Balaban J connectivity index is 1.61. The first-order valence-corrected chi connectivity index (χ1v) is 10.3. The van der Waals surface area contributed by atoms with E-state index in [9.17, 15) is 9.18 Å². The summed E-state index contributed by atoms with van der Waals surface area (Å²) in [6.45, 7) is 0.445. The second-order valence-electron chi connectivity index (χ2n) is 6.79. The molecule has 29 heavy (non-hydrogen) atoms. The zero-order valence-electron chi connectivity index (χ0n) is 15.5. The number of hydrogen-bond donors (Lipinski definition) is 0. The molecule has 0 spiro atoms. The average Bonchev–Trinajstić information content (AvgIpc) is 3.43. The number of para-hydroxylation sites is 2. The smallest absolute Gasteiger partial charge is 0.298 e. The molecule has 0 saturated heterocycles. The lowest BCUT2D eigenvalue weighted by Gasteiger charge is -2.28. The van der Waals surface area contributed by atoms with Gasteiger partial charge in [-0.2, -0.15) is 0 Å². The number of thiophene rings is 1. The minimum atomic E-state index is -0.392. The zero-order valence-corrected chi connectivity index (χ0v) is 16.3. The van der Waals surface area contributed by atoms with E-state index in [4.69, 9.17) is 0 Å². The Labute approximate surface area is 171 Å². The molecule has 2 aromatic carbocycles. The summed E-state index contributed by atoms with van der Waals surface area (Å²) in [5.74, 6) is -0.117. The largest absolute Gasteiger partial charge is 0.302 e. The van der Waals surface area contributed by atoms with E-state index in [1.54, 1.807) is 10.7 Å². The lowest BCUT2D eigenvalue weighted by Crippen LogP contribution is -2.37. The van der Waals surface area contributed by atoms with Gasteiger partial charge in [0.25, 0.3) is 5.91 Å². The highest BCUT2D eigenvalue weighted by Gasteiger charge is 2.30. The van der Waals surface area contributed by atoms with Gasteiger partial charge < -0.3 is 4.90 Å². The van der Waals surface area contributed by atoms with Gasteiger partial charge in [-0.15, -0.1) is 16.4 Å². The van der Waals surface area contributed by atoms with Crippen LogP contribution in [0.1, 0.15) is 22.6 Å². The van der Waals surface area contributed by atoms with E-state index < -0.39 is 5.82 Å².